The summed E-state index contributed by atoms with van der Waals surface area (Å²) in [4.78, 5) is 6.39. The molecule has 0 spiro atoms. The minimum Gasteiger partial charge on any atom is -0.484 e. The van der Waals surface area contributed by atoms with E-state index < -0.39 is 0 Å². The largest absolute Gasteiger partial charge is 0.484 e. The maximum atomic E-state index is 5.59. The van der Waals surface area contributed by atoms with Gasteiger partial charge in [0.1, 0.15) is 5.75 Å². The number of nitrogens with zero attached hydrogens (tertiary/aromatic N) is 3. The molecule has 5 heteroatoms. The van der Waals surface area contributed by atoms with E-state index in [1.807, 2.05) is 73.6 Å². The van der Waals surface area contributed by atoms with Crippen LogP contribution >= 0.6 is 0 Å². The number of ether oxygens (including phenoxy) is 1. The van der Waals surface area contributed by atoms with Gasteiger partial charge in [0.25, 0.3) is 5.89 Å². The Bertz CT molecular complexity index is 721. The zero-order valence-electron chi connectivity index (χ0n) is 12.6. The molecule has 0 bridgehead atoms. The van der Waals surface area contributed by atoms with Crippen LogP contribution in [0.4, 0.5) is 5.69 Å². The minimum atomic E-state index is 0.257. The van der Waals surface area contributed by atoms with E-state index in [9.17, 15) is 0 Å². The molecule has 0 aliphatic heterocycles. The van der Waals surface area contributed by atoms with Crippen LogP contribution < -0.4 is 9.64 Å². The Morgan fingerprint density at radius 2 is 1.73 bits per heavy atom. The highest BCUT2D eigenvalue weighted by Crippen LogP contribution is 2.20. The highest BCUT2D eigenvalue weighted by Gasteiger charge is 2.09. The zero-order valence-corrected chi connectivity index (χ0v) is 12.6. The summed E-state index contributed by atoms with van der Waals surface area (Å²) in [7, 11) is 4.00. The predicted molar refractivity (Wildman–Crippen MR) is 84.8 cm³/mol. The number of rotatable bonds is 5. The van der Waals surface area contributed by atoms with Crippen molar-refractivity contribution in [2.75, 3.05) is 19.0 Å². The van der Waals surface area contributed by atoms with E-state index in [-0.39, 0.29) is 6.61 Å². The highest BCUT2D eigenvalue weighted by atomic mass is 16.5. The molecule has 0 radical (unpaired) electrons. The molecule has 0 saturated heterocycles. The van der Waals surface area contributed by atoms with Crippen molar-refractivity contribution in [1.29, 1.82) is 0 Å². The van der Waals surface area contributed by atoms with Gasteiger partial charge >= 0.3 is 0 Å². The van der Waals surface area contributed by atoms with Gasteiger partial charge in [-0.05, 0) is 36.4 Å². The second-order valence-corrected chi connectivity index (χ2v) is 5.05. The van der Waals surface area contributed by atoms with E-state index >= 15 is 0 Å². The summed E-state index contributed by atoms with van der Waals surface area (Å²) in [5.74, 6) is 1.80. The first-order chi connectivity index (χ1) is 10.7. The van der Waals surface area contributed by atoms with E-state index in [2.05, 4.69) is 10.1 Å². The summed E-state index contributed by atoms with van der Waals surface area (Å²) in [5, 5.41) is 3.99. The van der Waals surface area contributed by atoms with E-state index in [4.69, 9.17) is 9.26 Å². The quantitative estimate of drug-likeness (QED) is 0.722. The lowest BCUT2D eigenvalue weighted by atomic mass is 10.2. The molecular formula is C17H17N3O2. The summed E-state index contributed by atoms with van der Waals surface area (Å²) in [6, 6.07) is 17.5. The van der Waals surface area contributed by atoms with E-state index in [0.717, 1.165) is 17.0 Å². The van der Waals surface area contributed by atoms with Gasteiger partial charge in [0, 0.05) is 25.3 Å². The van der Waals surface area contributed by atoms with Crippen LogP contribution in [0.1, 0.15) is 5.89 Å². The fraction of sp³-hybridized carbons (Fsp3) is 0.176. The second-order valence-electron chi connectivity index (χ2n) is 5.05. The van der Waals surface area contributed by atoms with Crippen molar-refractivity contribution < 1.29 is 9.26 Å². The van der Waals surface area contributed by atoms with Gasteiger partial charge < -0.3 is 14.2 Å². The highest BCUT2D eigenvalue weighted by molar-refractivity contribution is 5.59. The molecule has 0 aliphatic carbocycles. The molecule has 0 unspecified atom stereocenters. The first-order valence-corrected chi connectivity index (χ1v) is 7.00. The summed E-state index contributed by atoms with van der Waals surface area (Å²) < 4.78 is 10.8. The van der Waals surface area contributed by atoms with Gasteiger partial charge in [0.15, 0.2) is 6.61 Å². The Labute approximate surface area is 129 Å². The van der Waals surface area contributed by atoms with Crippen molar-refractivity contribution in [2.45, 2.75) is 6.61 Å². The molecule has 2 aromatic carbocycles. The molecule has 1 heterocycles. The van der Waals surface area contributed by atoms with Crippen LogP contribution in [0.5, 0.6) is 5.75 Å². The molecular weight excluding hydrogens is 278 g/mol. The van der Waals surface area contributed by atoms with Crippen LogP contribution in [0.2, 0.25) is 0 Å². The Balaban J connectivity index is 1.68. The van der Waals surface area contributed by atoms with Gasteiger partial charge in [-0.3, -0.25) is 0 Å². The maximum Gasteiger partial charge on any atom is 0.264 e. The van der Waals surface area contributed by atoms with Crippen molar-refractivity contribution in [3.63, 3.8) is 0 Å². The molecule has 5 nitrogen and oxygen atoms in total. The zero-order chi connectivity index (χ0) is 15.4. The topological polar surface area (TPSA) is 51.4 Å². The first-order valence-electron chi connectivity index (χ1n) is 7.00. The van der Waals surface area contributed by atoms with E-state index in [0.29, 0.717) is 11.7 Å². The number of hydrogen-bond acceptors (Lipinski definition) is 5. The molecule has 0 saturated carbocycles. The molecule has 0 fully saturated rings. The third-order valence-electron chi connectivity index (χ3n) is 3.22. The van der Waals surface area contributed by atoms with E-state index in [1.54, 1.807) is 0 Å². The van der Waals surface area contributed by atoms with Crippen molar-refractivity contribution in [2.24, 2.45) is 0 Å². The van der Waals surface area contributed by atoms with Gasteiger partial charge in [0.2, 0.25) is 5.82 Å². The van der Waals surface area contributed by atoms with Crippen molar-refractivity contribution in [1.82, 2.24) is 10.1 Å². The van der Waals surface area contributed by atoms with Gasteiger partial charge in [-0.15, -0.1) is 0 Å². The van der Waals surface area contributed by atoms with Gasteiger partial charge in [0.05, 0.1) is 0 Å². The monoisotopic (exact) mass is 295 g/mol. The minimum absolute atomic E-state index is 0.257. The molecule has 22 heavy (non-hydrogen) atoms. The Hall–Kier alpha value is -2.82. The van der Waals surface area contributed by atoms with Gasteiger partial charge in [-0.2, -0.15) is 4.98 Å². The van der Waals surface area contributed by atoms with Crippen molar-refractivity contribution in [3.05, 3.63) is 60.5 Å². The number of hydrogen-bond donors (Lipinski definition) is 0. The fourth-order valence-corrected chi connectivity index (χ4v) is 2.00. The molecule has 112 valence electrons. The average Bonchev–Trinajstić information content (AvgIpc) is 3.03. The summed E-state index contributed by atoms with van der Waals surface area (Å²) in [6.45, 7) is 0.257. The predicted octanol–water partition coefficient (Wildman–Crippen LogP) is 3.38. The average molecular weight is 295 g/mol. The first kappa shape index (κ1) is 14.1. The number of aromatic nitrogens is 2. The third-order valence-corrected chi connectivity index (χ3v) is 3.22. The molecule has 3 aromatic rings. The van der Waals surface area contributed by atoms with Crippen LogP contribution in [0.3, 0.4) is 0 Å². The lowest BCUT2D eigenvalue weighted by Crippen LogP contribution is -2.07. The lowest BCUT2D eigenvalue weighted by molar-refractivity contribution is 0.243. The van der Waals surface area contributed by atoms with Crippen LogP contribution in [0.25, 0.3) is 11.4 Å². The smallest absolute Gasteiger partial charge is 0.264 e. The normalized spacial score (nSPS) is 10.5. The number of benzene rings is 2. The summed E-state index contributed by atoms with van der Waals surface area (Å²) >= 11 is 0. The molecule has 0 amide bonds. The molecule has 0 aliphatic rings. The van der Waals surface area contributed by atoms with Crippen LogP contribution in [0, 0.1) is 0 Å². The van der Waals surface area contributed by atoms with Gasteiger partial charge in [-0.25, -0.2) is 0 Å². The molecule has 3 rings (SSSR count). The Morgan fingerprint density at radius 1 is 1.00 bits per heavy atom. The van der Waals surface area contributed by atoms with Gasteiger partial charge in [-0.1, -0.05) is 23.4 Å². The molecule has 0 atom stereocenters. The van der Waals surface area contributed by atoms with Crippen LogP contribution in [0.15, 0.2) is 59.1 Å². The van der Waals surface area contributed by atoms with E-state index in [1.165, 1.54) is 0 Å². The summed E-state index contributed by atoms with van der Waals surface area (Å²) in [6.07, 6.45) is 0. The third kappa shape index (κ3) is 3.25. The van der Waals surface area contributed by atoms with Crippen molar-refractivity contribution in [3.8, 4) is 17.1 Å². The second kappa shape index (κ2) is 6.30. The summed E-state index contributed by atoms with van der Waals surface area (Å²) in [5.41, 5.74) is 2.04. The Kier molecular flexibility index (Phi) is 4.05. The fourth-order valence-electron chi connectivity index (χ4n) is 2.00. The molecule has 1 aromatic heterocycles. The van der Waals surface area contributed by atoms with Crippen LogP contribution in [-0.4, -0.2) is 24.2 Å². The molecule has 0 N–H and O–H groups in total. The standard InChI is InChI=1S/C17H17N3O2/c1-20(2)14-10-8-13(9-11-14)17-18-16(22-19-17)12-21-15-6-4-3-5-7-15/h3-11H,12H2,1-2H3. The van der Waals surface area contributed by atoms with Crippen LogP contribution in [-0.2, 0) is 6.61 Å². The number of para-hydroxylation sites is 1. The van der Waals surface area contributed by atoms with Crippen molar-refractivity contribution >= 4 is 5.69 Å². The SMILES string of the molecule is CN(C)c1ccc(-c2noc(COc3ccccc3)n2)cc1. The Morgan fingerprint density at radius 3 is 2.41 bits per heavy atom. The number of anilines is 1. The maximum absolute atomic E-state index is 5.59. The lowest BCUT2D eigenvalue weighted by Gasteiger charge is -2.11.